The average Bonchev–Trinajstić information content (AvgIpc) is 2.87. The Labute approximate surface area is 114 Å². The molecule has 1 aromatic heterocycles. The van der Waals surface area contributed by atoms with E-state index in [4.69, 9.17) is 11.6 Å². The summed E-state index contributed by atoms with van der Waals surface area (Å²) >= 11 is 5.77. The van der Waals surface area contributed by atoms with Crippen molar-refractivity contribution < 1.29 is 14.6 Å². The first-order valence-corrected chi connectivity index (χ1v) is 5.90. The highest BCUT2D eigenvalue weighted by Crippen LogP contribution is 2.17. The molecule has 19 heavy (non-hydrogen) atoms. The van der Waals surface area contributed by atoms with Gasteiger partial charge in [-0.15, -0.1) is 5.10 Å². The monoisotopic (exact) mass is 281 g/mol. The number of carbonyl (C=O) groups excluding carboxylic acids is 1. The maximum Gasteiger partial charge on any atom is 0.360 e. The number of methoxy groups -OCH3 is 1. The van der Waals surface area contributed by atoms with Crippen LogP contribution in [-0.4, -0.2) is 33.2 Å². The highest BCUT2D eigenvalue weighted by atomic mass is 35.5. The second-order valence-electron chi connectivity index (χ2n) is 3.88. The SMILES string of the molecule is COC(=O)c1cn(CC(O)c2ccc(Cl)cc2)nn1. The van der Waals surface area contributed by atoms with E-state index in [1.807, 2.05) is 0 Å². The molecule has 1 atom stereocenters. The zero-order valence-electron chi connectivity index (χ0n) is 10.2. The third-order valence-corrected chi connectivity index (χ3v) is 2.80. The van der Waals surface area contributed by atoms with Crippen molar-refractivity contribution >= 4 is 17.6 Å². The minimum atomic E-state index is -0.760. The van der Waals surface area contributed by atoms with Gasteiger partial charge in [0.1, 0.15) is 0 Å². The van der Waals surface area contributed by atoms with Gasteiger partial charge in [-0.25, -0.2) is 9.48 Å². The molecule has 1 N–H and O–H groups in total. The Kier molecular flexibility index (Phi) is 4.13. The Balaban J connectivity index is 2.06. The second kappa shape index (κ2) is 5.81. The second-order valence-corrected chi connectivity index (χ2v) is 4.32. The van der Waals surface area contributed by atoms with Gasteiger partial charge >= 0.3 is 5.97 Å². The van der Waals surface area contributed by atoms with E-state index in [1.165, 1.54) is 18.0 Å². The number of aliphatic hydroxyl groups is 1. The number of carbonyl (C=O) groups is 1. The van der Waals surface area contributed by atoms with Crippen molar-refractivity contribution in [1.82, 2.24) is 15.0 Å². The summed E-state index contributed by atoms with van der Waals surface area (Å²) in [5, 5.41) is 18.0. The average molecular weight is 282 g/mol. The van der Waals surface area contributed by atoms with Crippen molar-refractivity contribution in [2.75, 3.05) is 7.11 Å². The summed E-state index contributed by atoms with van der Waals surface area (Å²) < 4.78 is 5.90. The van der Waals surface area contributed by atoms with Crippen LogP contribution in [0.4, 0.5) is 0 Å². The minimum Gasteiger partial charge on any atom is -0.464 e. The van der Waals surface area contributed by atoms with E-state index >= 15 is 0 Å². The van der Waals surface area contributed by atoms with Crippen molar-refractivity contribution in [2.45, 2.75) is 12.6 Å². The van der Waals surface area contributed by atoms with Gasteiger partial charge in [0.2, 0.25) is 0 Å². The largest absolute Gasteiger partial charge is 0.464 e. The van der Waals surface area contributed by atoms with Crippen LogP contribution in [0.15, 0.2) is 30.5 Å². The zero-order chi connectivity index (χ0) is 13.8. The number of hydrogen-bond donors (Lipinski definition) is 1. The van der Waals surface area contributed by atoms with Crippen LogP contribution in [0, 0.1) is 0 Å². The molecule has 0 fully saturated rings. The van der Waals surface area contributed by atoms with Crippen LogP contribution in [0.5, 0.6) is 0 Å². The molecule has 0 saturated carbocycles. The molecule has 0 aliphatic carbocycles. The molecule has 1 unspecified atom stereocenters. The van der Waals surface area contributed by atoms with E-state index in [9.17, 15) is 9.90 Å². The first kappa shape index (κ1) is 13.5. The lowest BCUT2D eigenvalue weighted by molar-refractivity contribution is 0.0593. The fraction of sp³-hybridized carbons (Fsp3) is 0.250. The van der Waals surface area contributed by atoms with Crippen LogP contribution in [0.3, 0.4) is 0 Å². The van der Waals surface area contributed by atoms with E-state index in [1.54, 1.807) is 24.3 Å². The number of hydrogen-bond acceptors (Lipinski definition) is 5. The number of aliphatic hydroxyl groups excluding tert-OH is 1. The predicted octanol–water partition coefficient (Wildman–Crippen LogP) is 1.45. The molecule has 0 bridgehead atoms. The number of ether oxygens (including phenoxy) is 1. The Morgan fingerprint density at radius 1 is 1.47 bits per heavy atom. The Bertz CT molecular complexity index is 568. The molecule has 0 spiro atoms. The molecule has 0 aliphatic heterocycles. The normalized spacial score (nSPS) is 12.2. The number of esters is 1. The molecule has 0 radical (unpaired) electrons. The lowest BCUT2D eigenvalue weighted by Gasteiger charge is -2.10. The molecule has 1 heterocycles. The minimum absolute atomic E-state index is 0.103. The van der Waals surface area contributed by atoms with Crippen LogP contribution in [0.25, 0.3) is 0 Å². The number of rotatable bonds is 4. The van der Waals surface area contributed by atoms with Crippen LogP contribution in [0.2, 0.25) is 5.02 Å². The molecule has 100 valence electrons. The Morgan fingerprint density at radius 3 is 2.79 bits per heavy atom. The highest BCUT2D eigenvalue weighted by molar-refractivity contribution is 6.30. The molecule has 2 aromatic rings. The molecular weight excluding hydrogens is 270 g/mol. The standard InChI is InChI=1S/C12H12ClN3O3/c1-19-12(18)10-6-16(15-14-10)7-11(17)8-2-4-9(13)5-3-8/h2-6,11,17H,7H2,1H3. The fourth-order valence-corrected chi connectivity index (χ4v) is 1.68. The summed E-state index contributed by atoms with van der Waals surface area (Å²) in [7, 11) is 1.27. The van der Waals surface area contributed by atoms with E-state index in [0.717, 1.165) is 0 Å². The molecule has 2 rings (SSSR count). The molecule has 0 amide bonds. The van der Waals surface area contributed by atoms with Crippen LogP contribution < -0.4 is 0 Å². The maximum atomic E-state index is 11.2. The van der Waals surface area contributed by atoms with Crippen molar-refractivity contribution in [3.05, 3.63) is 46.7 Å². The number of halogens is 1. The quantitative estimate of drug-likeness (QED) is 0.858. The van der Waals surface area contributed by atoms with Gasteiger partial charge in [-0.05, 0) is 17.7 Å². The van der Waals surface area contributed by atoms with Crippen molar-refractivity contribution in [2.24, 2.45) is 0 Å². The van der Waals surface area contributed by atoms with Crippen LogP contribution in [0.1, 0.15) is 22.2 Å². The fourth-order valence-electron chi connectivity index (χ4n) is 1.55. The van der Waals surface area contributed by atoms with Gasteiger partial charge in [0.05, 0.1) is 26.0 Å². The topological polar surface area (TPSA) is 77.2 Å². The van der Waals surface area contributed by atoms with Crippen molar-refractivity contribution in [3.63, 3.8) is 0 Å². The van der Waals surface area contributed by atoms with Crippen molar-refractivity contribution in [1.29, 1.82) is 0 Å². The van der Waals surface area contributed by atoms with Gasteiger partial charge in [0.25, 0.3) is 0 Å². The summed E-state index contributed by atoms with van der Waals surface area (Å²) in [5.74, 6) is -0.563. The lowest BCUT2D eigenvalue weighted by atomic mass is 10.1. The third kappa shape index (κ3) is 3.30. The molecule has 6 nitrogen and oxygen atoms in total. The molecule has 7 heteroatoms. The summed E-state index contributed by atoms with van der Waals surface area (Å²) in [6.45, 7) is 0.186. The maximum absolute atomic E-state index is 11.2. The van der Waals surface area contributed by atoms with E-state index in [0.29, 0.717) is 10.6 Å². The van der Waals surface area contributed by atoms with Gasteiger partial charge in [-0.3, -0.25) is 0 Å². The summed E-state index contributed by atoms with van der Waals surface area (Å²) in [6, 6.07) is 6.85. The third-order valence-electron chi connectivity index (χ3n) is 2.55. The first-order chi connectivity index (χ1) is 9.10. The predicted molar refractivity (Wildman–Crippen MR) is 67.8 cm³/mol. The van der Waals surface area contributed by atoms with E-state index in [2.05, 4.69) is 15.0 Å². The van der Waals surface area contributed by atoms with Gasteiger partial charge in [-0.1, -0.05) is 28.9 Å². The summed E-state index contributed by atoms with van der Waals surface area (Å²) in [5.41, 5.74) is 0.810. The molecule has 0 saturated heterocycles. The Morgan fingerprint density at radius 2 is 2.16 bits per heavy atom. The van der Waals surface area contributed by atoms with E-state index < -0.39 is 12.1 Å². The zero-order valence-corrected chi connectivity index (χ0v) is 10.9. The van der Waals surface area contributed by atoms with Gasteiger partial charge in [0, 0.05) is 5.02 Å². The molecular formula is C12H12ClN3O3. The van der Waals surface area contributed by atoms with Crippen molar-refractivity contribution in [3.8, 4) is 0 Å². The number of benzene rings is 1. The highest BCUT2D eigenvalue weighted by Gasteiger charge is 2.13. The summed E-state index contributed by atoms with van der Waals surface area (Å²) in [6.07, 6.45) is 0.662. The number of nitrogens with zero attached hydrogens (tertiary/aromatic N) is 3. The van der Waals surface area contributed by atoms with Gasteiger partial charge in [0.15, 0.2) is 5.69 Å². The first-order valence-electron chi connectivity index (χ1n) is 5.52. The van der Waals surface area contributed by atoms with E-state index in [-0.39, 0.29) is 12.2 Å². The lowest BCUT2D eigenvalue weighted by Crippen LogP contribution is -2.09. The number of aromatic nitrogens is 3. The Hall–Kier alpha value is -1.92. The van der Waals surface area contributed by atoms with Crippen LogP contribution >= 0.6 is 11.6 Å². The van der Waals surface area contributed by atoms with Crippen LogP contribution in [-0.2, 0) is 11.3 Å². The molecule has 0 aliphatic rings. The van der Waals surface area contributed by atoms with Gasteiger partial charge in [-0.2, -0.15) is 0 Å². The smallest absolute Gasteiger partial charge is 0.360 e. The van der Waals surface area contributed by atoms with Gasteiger partial charge < -0.3 is 9.84 Å². The summed E-state index contributed by atoms with van der Waals surface area (Å²) in [4.78, 5) is 11.2. The molecule has 1 aromatic carbocycles.